The van der Waals surface area contributed by atoms with Crippen molar-refractivity contribution in [2.75, 3.05) is 0 Å². The SMILES string of the molecule is CC(C)(C)n1cnnc1-c1ccc2ccccc2n1. The van der Waals surface area contributed by atoms with Gasteiger partial charge in [-0.15, -0.1) is 10.2 Å². The minimum Gasteiger partial charge on any atom is -0.307 e. The zero-order valence-corrected chi connectivity index (χ0v) is 11.3. The fraction of sp³-hybridized carbons (Fsp3) is 0.267. The van der Waals surface area contributed by atoms with Crippen molar-refractivity contribution in [3.05, 3.63) is 42.7 Å². The Kier molecular flexibility index (Phi) is 2.59. The summed E-state index contributed by atoms with van der Waals surface area (Å²) < 4.78 is 2.05. The first-order valence-corrected chi connectivity index (χ1v) is 6.32. The van der Waals surface area contributed by atoms with Crippen molar-refractivity contribution in [2.45, 2.75) is 26.3 Å². The quantitative estimate of drug-likeness (QED) is 0.667. The maximum atomic E-state index is 4.67. The van der Waals surface area contributed by atoms with Crippen molar-refractivity contribution in [3.8, 4) is 11.5 Å². The van der Waals surface area contributed by atoms with Gasteiger partial charge in [-0.25, -0.2) is 4.98 Å². The summed E-state index contributed by atoms with van der Waals surface area (Å²) >= 11 is 0. The lowest BCUT2D eigenvalue weighted by Crippen LogP contribution is -2.22. The first-order chi connectivity index (χ1) is 9.05. The van der Waals surface area contributed by atoms with E-state index in [0.717, 1.165) is 22.4 Å². The zero-order valence-electron chi connectivity index (χ0n) is 11.3. The van der Waals surface area contributed by atoms with E-state index in [0.29, 0.717) is 0 Å². The number of pyridine rings is 1. The van der Waals surface area contributed by atoms with Crippen LogP contribution in [0.2, 0.25) is 0 Å². The average molecular weight is 252 g/mol. The Hall–Kier alpha value is -2.23. The maximum Gasteiger partial charge on any atom is 0.182 e. The lowest BCUT2D eigenvalue weighted by molar-refractivity contribution is 0.399. The lowest BCUT2D eigenvalue weighted by atomic mass is 10.1. The van der Waals surface area contributed by atoms with E-state index < -0.39 is 0 Å². The van der Waals surface area contributed by atoms with E-state index in [2.05, 4.69) is 48.1 Å². The van der Waals surface area contributed by atoms with E-state index in [1.165, 1.54) is 0 Å². The van der Waals surface area contributed by atoms with E-state index in [1.54, 1.807) is 6.33 Å². The summed E-state index contributed by atoms with van der Waals surface area (Å²) in [7, 11) is 0. The van der Waals surface area contributed by atoms with Crippen LogP contribution in [0.4, 0.5) is 0 Å². The largest absolute Gasteiger partial charge is 0.307 e. The third kappa shape index (κ3) is 2.10. The molecule has 3 rings (SSSR count). The summed E-state index contributed by atoms with van der Waals surface area (Å²) in [6.45, 7) is 6.38. The van der Waals surface area contributed by atoms with Gasteiger partial charge in [0.25, 0.3) is 0 Å². The van der Waals surface area contributed by atoms with Crippen LogP contribution in [0.15, 0.2) is 42.7 Å². The smallest absolute Gasteiger partial charge is 0.182 e. The number of fused-ring (bicyclic) bond motifs is 1. The van der Waals surface area contributed by atoms with E-state index in [-0.39, 0.29) is 5.54 Å². The van der Waals surface area contributed by atoms with Crippen LogP contribution in [0.3, 0.4) is 0 Å². The molecular formula is C15H16N4. The second-order valence-electron chi connectivity index (χ2n) is 5.58. The molecule has 4 heteroatoms. The minimum absolute atomic E-state index is 0.0633. The molecule has 0 bridgehead atoms. The van der Waals surface area contributed by atoms with Gasteiger partial charge in [0, 0.05) is 10.9 Å². The van der Waals surface area contributed by atoms with Crippen LogP contribution in [-0.4, -0.2) is 19.7 Å². The van der Waals surface area contributed by atoms with Crippen molar-refractivity contribution in [1.29, 1.82) is 0 Å². The van der Waals surface area contributed by atoms with Crippen molar-refractivity contribution in [1.82, 2.24) is 19.7 Å². The van der Waals surface area contributed by atoms with Crippen molar-refractivity contribution < 1.29 is 0 Å². The molecule has 2 aromatic heterocycles. The number of aromatic nitrogens is 4. The molecule has 0 fully saturated rings. The highest BCUT2D eigenvalue weighted by Gasteiger charge is 2.19. The summed E-state index contributed by atoms with van der Waals surface area (Å²) in [6, 6.07) is 12.1. The Morgan fingerprint density at radius 3 is 2.58 bits per heavy atom. The predicted octanol–water partition coefficient (Wildman–Crippen LogP) is 3.25. The molecule has 0 aliphatic rings. The Labute approximate surface area is 112 Å². The molecule has 2 heterocycles. The van der Waals surface area contributed by atoms with Gasteiger partial charge in [-0.2, -0.15) is 0 Å². The molecule has 0 amide bonds. The number of hydrogen-bond acceptors (Lipinski definition) is 3. The van der Waals surface area contributed by atoms with E-state index in [4.69, 9.17) is 0 Å². The summed E-state index contributed by atoms with van der Waals surface area (Å²) in [6.07, 6.45) is 1.76. The van der Waals surface area contributed by atoms with Crippen molar-refractivity contribution in [3.63, 3.8) is 0 Å². The molecule has 3 aromatic rings. The second-order valence-corrected chi connectivity index (χ2v) is 5.58. The Bertz CT molecular complexity index is 722. The highest BCUT2D eigenvalue weighted by atomic mass is 15.3. The third-order valence-electron chi connectivity index (χ3n) is 3.10. The van der Waals surface area contributed by atoms with Crippen molar-refractivity contribution in [2.24, 2.45) is 0 Å². The fourth-order valence-corrected chi connectivity index (χ4v) is 2.09. The molecule has 0 N–H and O–H groups in total. The Balaban J connectivity index is 2.17. The molecule has 4 nitrogen and oxygen atoms in total. The van der Waals surface area contributed by atoms with Crippen LogP contribution in [-0.2, 0) is 5.54 Å². The summed E-state index contributed by atoms with van der Waals surface area (Å²) in [4.78, 5) is 4.67. The molecule has 0 spiro atoms. The predicted molar refractivity (Wildman–Crippen MR) is 75.8 cm³/mol. The zero-order chi connectivity index (χ0) is 13.5. The Morgan fingerprint density at radius 2 is 1.79 bits per heavy atom. The van der Waals surface area contributed by atoms with Crippen LogP contribution in [0.5, 0.6) is 0 Å². The van der Waals surface area contributed by atoms with Crippen LogP contribution in [0.1, 0.15) is 20.8 Å². The van der Waals surface area contributed by atoms with Crippen LogP contribution in [0.25, 0.3) is 22.4 Å². The molecule has 0 radical (unpaired) electrons. The molecule has 96 valence electrons. The van der Waals surface area contributed by atoms with Crippen LogP contribution in [0, 0.1) is 0 Å². The normalized spacial score (nSPS) is 11.9. The molecule has 1 aromatic carbocycles. The highest BCUT2D eigenvalue weighted by Crippen LogP contribution is 2.24. The fourth-order valence-electron chi connectivity index (χ4n) is 2.09. The molecule has 0 aliphatic carbocycles. The number of nitrogens with zero attached hydrogens (tertiary/aromatic N) is 4. The van der Waals surface area contributed by atoms with E-state index in [9.17, 15) is 0 Å². The first-order valence-electron chi connectivity index (χ1n) is 6.32. The monoisotopic (exact) mass is 252 g/mol. The summed E-state index contributed by atoms with van der Waals surface area (Å²) in [5, 5.41) is 9.36. The minimum atomic E-state index is -0.0633. The van der Waals surface area contributed by atoms with Crippen LogP contribution >= 0.6 is 0 Å². The number of rotatable bonds is 1. The molecule has 0 saturated heterocycles. The number of benzene rings is 1. The van der Waals surface area contributed by atoms with Gasteiger partial charge < -0.3 is 4.57 Å². The molecular weight excluding hydrogens is 236 g/mol. The first kappa shape index (κ1) is 11.8. The van der Waals surface area contributed by atoms with E-state index in [1.807, 2.05) is 28.8 Å². The van der Waals surface area contributed by atoms with Gasteiger partial charge in [0.2, 0.25) is 0 Å². The second kappa shape index (κ2) is 4.16. The topological polar surface area (TPSA) is 43.6 Å². The molecule has 0 saturated carbocycles. The van der Waals surface area contributed by atoms with Gasteiger partial charge in [0.05, 0.1) is 5.52 Å². The standard InChI is InChI=1S/C15H16N4/c1-15(2,3)19-10-16-18-14(19)13-9-8-11-6-4-5-7-12(11)17-13/h4-10H,1-3H3. The Morgan fingerprint density at radius 1 is 1.00 bits per heavy atom. The lowest BCUT2D eigenvalue weighted by Gasteiger charge is -2.22. The van der Waals surface area contributed by atoms with Gasteiger partial charge >= 0.3 is 0 Å². The third-order valence-corrected chi connectivity index (χ3v) is 3.10. The number of hydrogen-bond donors (Lipinski definition) is 0. The molecule has 0 unspecified atom stereocenters. The van der Waals surface area contributed by atoms with Gasteiger partial charge in [-0.1, -0.05) is 24.3 Å². The molecule has 0 aliphatic heterocycles. The van der Waals surface area contributed by atoms with Crippen LogP contribution < -0.4 is 0 Å². The highest BCUT2D eigenvalue weighted by molar-refractivity contribution is 5.80. The van der Waals surface area contributed by atoms with E-state index >= 15 is 0 Å². The number of para-hydroxylation sites is 1. The van der Waals surface area contributed by atoms with Gasteiger partial charge in [0.15, 0.2) is 5.82 Å². The van der Waals surface area contributed by atoms with Crippen molar-refractivity contribution >= 4 is 10.9 Å². The van der Waals surface area contributed by atoms with Gasteiger partial charge in [-0.3, -0.25) is 0 Å². The molecule has 19 heavy (non-hydrogen) atoms. The summed E-state index contributed by atoms with van der Waals surface area (Å²) in [5.41, 5.74) is 1.76. The average Bonchev–Trinajstić information content (AvgIpc) is 2.87. The maximum absolute atomic E-state index is 4.67. The van der Waals surface area contributed by atoms with Gasteiger partial charge in [0.1, 0.15) is 12.0 Å². The van der Waals surface area contributed by atoms with Gasteiger partial charge in [-0.05, 0) is 32.9 Å². The molecule has 0 atom stereocenters. The summed E-state index contributed by atoms with van der Waals surface area (Å²) in [5.74, 6) is 0.804.